The molecule has 0 unspecified atom stereocenters. The molecule has 1 aliphatic carbocycles. The molecular formula is C23H28N2O7. The molecule has 2 aromatic heterocycles. The molecule has 0 radical (unpaired) electrons. The van der Waals surface area contributed by atoms with E-state index in [1.165, 1.54) is 13.2 Å². The number of carboxylic acid groups (broad SMARTS) is 1. The van der Waals surface area contributed by atoms with Crippen LogP contribution in [-0.4, -0.2) is 48.1 Å². The maximum atomic E-state index is 13.1. The number of carboxylic acids is 1. The lowest BCUT2D eigenvalue weighted by Crippen LogP contribution is -2.32. The quantitative estimate of drug-likeness (QED) is 0.586. The van der Waals surface area contributed by atoms with Crippen molar-refractivity contribution >= 4 is 5.97 Å². The van der Waals surface area contributed by atoms with E-state index in [1.807, 2.05) is 13.8 Å². The van der Waals surface area contributed by atoms with Gasteiger partial charge in [0.1, 0.15) is 17.4 Å². The van der Waals surface area contributed by atoms with Crippen molar-refractivity contribution in [1.29, 1.82) is 0 Å². The molecule has 3 heterocycles. The molecule has 4 rings (SSSR count). The van der Waals surface area contributed by atoms with Gasteiger partial charge in [-0.05, 0) is 24.8 Å². The number of aromatic carboxylic acids is 1. The Morgan fingerprint density at radius 1 is 1.28 bits per heavy atom. The summed E-state index contributed by atoms with van der Waals surface area (Å²) in [4.78, 5) is 29.6. The third kappa shape index (κ3) is 3.92. The molecule has 1 atom stereocenters. The molecule has 2 aromatic rings. The lowest BCUT2D eigenvalue weighted by Gasteiger charge is -2.33. The molecule has 0 saturated heterocycles. The average Bonchev–Trinajstić information content (AvgIpc) is 3.59. The summed E-state index contributed by atoms with van der Waals surface area (Å²) in [6.45, 7) is 4.97. The van der Waals surface area contributed by atoms with Crippen LogP contribution >= 0.6 is 0 Å². The fraction of sp³-hybridized carbons (Fsp3) is 0.522. The fourth-order valence-corrected chi connectivity index (χ4v) is 4.01. The summed E-state index contributed by atoms with van der Waals surface area (Å²) < 4.78 is 24.2. The minimum absolute atomic E-state index is 0.0295. The van der Waals surface area contributed by atoms with Crippen molar-refractivity contribution in [2.24, 2.45) is 5.92 Å². The van der Waals surface area contributed by atoms with Gasteiger partial charge in [0.25, 0.3) is 11.4 Å². The highest BCUT2D eigenvalue weighted by molar-refractivity contribution is 5.88. The first kappa shape index (κ1) is 22.1. The Balaban J connectivity index is 1.90. The van der Waals surface area contributed by atoms with Crippen LogP contribution in [-0.2, 0) is 4.74 Å². The van der Waals surface area contributed by atoms with Gasteiger partial charge in [0.05, 0.1) is 19.4 Å². The van der Waals surface area contributed by atoms with Gasteiger partial charge in [0.2, 0.25) is 0 Å². The van der Waals surface area contributed by atoms with Crippen LogP contribution in [0.25, 0.3) is 11.4 Å². The van der Waals surface area contributed by atoms with E-state index in [0.29, 0.717) is 48.1 Å². The van der Waals surface area contributed by atoms with Crippen LogP contribution in [0.5, 0.6) is 17.4 Å². The van der Waals surface area contributed by atoms with Gasteiger partial charge in [-0.2, -0.15) is 0 Å². The van der Waals surface area contributed by atoms with Gasteiger partial charge >= 0.3 is 5.97 Å². The molecule has 172 valence electrons. The summed E-state index contributed by atoms with van der Waals surface area (Å²) in [5, 5.41) is 9.64. The Morgan fingerprint density at radius 3 is 2.62 bits per heavy atom. The van der Waals surface area contributed by atoms with E-state index in [0.717, 1.165) is 12.8 Å². The zero-order valence-electron chi connectivity index (χ0n) is 18.7. The average molecular weight is 444 g/mol. The van der Waals surface area contributed by atoms with E-state index in [1.54, 1.807) is 17.7 Å². The number of carbonyl (C=O) groups is 1. The van der Waals surface area contributed by atoms with Gasteiger partial charge in [-0.3, -0.25) is 4.79 Å². The molecule has 1 aliphatic heterocycles. The molecular weight excluding hydrogens is 416 g/mol. The lowest BCUT2D eigenvalue weighted by molar-refractivity contribution is 0.0693. The summed E-state index contributed by atoms with van der Waals surface area (Å²) in [7, 11) is 3.13. The third-order valence-corrected chi connectivity index (χ3v) is 5.66. The van der Waals surface area contributed by atoms with Gasteiger partial charge < -0.3 is 28.6 Å². The number of ether oxygens (including phenoxy) is 4. The van der Waals surface area contributed by atoms with Crippen molar-refractivity contribution in [1.82, 2.24) is 9.55 Å². The van der Waals surface area contributed by atoms with E-state index in [-0.39, 0.29) is 23.4 Å². The van der Waals surface area contributed by atoms with Crippen LogP contribution < -0.4 is 19.8 Å². The van der Waals surface area contributed by atoms with Crippen LogP contribution in [0.3, 0.4) is 0 Å². The van der Waals surface area contributed by atoms with Crippen LogP contribution in [0.15, 0.2) is 16.9 Å². The lowest BCUT2D eigenvalue weighted by atomic mass is 9.92. The first-order valence-electron chi connectivity index (χ1n) is 10.8. The predicted molar refractivity (Wildman–Crippen MR) is 116 cm³/mol. The van der Waals surface area contributed by atoms with Gasteiger partial charge in [-0.15, -0.1) is 0 Å². The van der Waals surface area contributed by atoms with E-state index < -0.39 is 17.6 Å². The fourth-order valence-electron chi connectivity index (χ4n) is 4.01. The molecule has 0 spiro atoms. The number of pyridine rings is 2. The van der Waals surface area contributed by atoms with Crippen molar-refractivity contribution in [2.45, 2.75) is 45.3 Å². The number of methoxy groups -OCH3 is 2. The molecule has 1 fully saturated rings. The minimum Gasteiger partial charge on any atom is -0.488 e. The van der Waals surface area contributed by atoms with Crippen molar-refractivity contribution in [3.05, 3.63) is 33.6 Å². The summed E-state index contributed by atoms with van der Waals surface area (Å²) in [5.41, 5.74) is 0.943. The maximum Gasteiger partial charge on any atom is 0.341 e. The third-order valence-electron chi connectivity index (χ3n) is 5.66. The van der Waals surface area contributed by atoms with Gasteiger partial charge in [-0.1, -0.05) is 13.8 Å². The Kier molecular flexibility index (Phi) is 6.10. The van der Waals surface area contributed by atoms with Crippen molar-refractivity contribution in [3.63, 3.8) is 0 Å². The molecule has 0 aromatic carbocycles. The molecule has 1 N–H and O–H groups in total. The highest BCUT2D eigenvalue weighted by Gasteiger charge is 2.39. The summed E-state index contributed by atoms with van der Waals surface area (Å²) in [6, 6.07) is 3.13. The second-order valence-corrected chi connectivity index (χ2v) is 8.39. The first-order chi connectivity index (χ1) is 15.4. The zero-order valence-corrected chi connectivity index (χ0v) is 18.7. The Hall–Kier alpha value is -3.07. The second-order valence-electron chi connectivity index (χ2n) is 8.39. The van der Waals surface area contributed by atoms with E-state index in [4.69, 9.17) is 18.9 Å². The second kappa shape index (κ2) is 8.82. The van der Waals surface area contributed by atoms with Gasteiger partial charge in [0, 0.05) is 37.8 Å². The van der Waals surface area contributed by atoms with Gasteiger partial charge in [-0.25, -0.2) is 9.78 Å². The Bertz CT molecular complexity index is 1090. The SMILES string of the molecule is COCCCOc1cc2c(nc1OC)-c1c(cc(C(=O)O)c(=O)n1C1CC1)[C@H](C(C)C)O2. The number of nitrogens with zero attached hydrogens (tertiary/aromatic N) is 2. The van der Waals surface area contributed by atoms with Crippen LogP contribution in [0.4, 0.5) is 0 Å². The molecule has 32 heavy (non-hydrogen) atoms. The zero-order chi connectivity index (χ0) is 23.0. The van der Waals surface area contributed by atoms with E-state index in [9.17, 15) is 14.7 Å². The molecule has 0 bridgehead atoms. The predicted octanol–water partition coefficient (Wildman–Crippen LogP) is 3.46. The highest BCUT2D eigenvalue weighted by atomic mass is 16.5. The highest BCUT2D eigenvalue weighted by Crippen LogP contribution is 2.49. The standard InChI is InChI=1S/C23H28N2O7/c1-12(2)20-14-10-15(23(27)28)22(26)25(13-6-7-13)19(14)18-16(32-20)11-17(21(24-18)30-4)31-9-5-8-29-3/h10-13,20H,5-9H2,1-4H3,(H,27,28)/t20-/m0/s1. The Labute approximate surface area is 185 Å². The number of aromatic nitrogens is 2. The smallest absolute Gasteiger partial charge is 0.341 e. The minimum atomic E-state index is -1.24. The maximum absolute atomic E-state index is 13.1. The van der Waals surface area contributed by atoms with Crippen molar-refractivity contribution in [2.75, 3.05) is 27.4 Å². The summed E-state index contributed by atoms with van der Waals surface area (Å²) in [5.74, 6) is -0.0186. The van der Waals surface area contributed by atoms with Crippen molar-refractivity contribution < 1.29 is 28.8 Å². The topological polar surface area (TPSA) is 109 Å². The van der Waals surface area contributed by atoms with Crippen LogP contribution in [0.2, 0.25) is 0 Å². The molecule has 1 saturated carbocycles. The van der Waals surface area contributed by atoms with E-state index in [2.05, 4.69) is 4.98 Å². The number of hydrogen-bond donors (Lipinski definition) is 1. The van der Waals surface area contributed by atoms with Crippen LogP contribution in [0.1, 0.15) is 61.2 Å². The van der Waals surface area contributed by atoms with Crippen molar-refractivity contribution in [3.8, 4) is 28.8 Å². The molecule has 9 heteroatoms. The van der Waals surface area contributed by atoms with E-state index >= 15 is 0 Å². The number of hydrogen-bond acceptors (Lipinski definition) is 7. The van der Waals surface area contributed by atoms with Gasteiger partial charge in [0.15, 0.2) is 11.5 Å². The van der Waals surface area contributed by atoms with Crippen LogP contribution in [0, 0.1) is 5.92 Å². The largest absolute Gasteiger partial charge is 0.488 e. The summed E-state index contributed by atoms with van der Waals surface area (Å²) in [6.07, 6.45) is 1.90. The molecule has 2 aliphatic rings. The number of fused-ring (bicyclic) bond motifs is 3. The number of rotatable bonds is 9. The molecule has 9 nitrogen and oxygen atoms in total. The first-order valence-corrected chi connectivity index (χ1v) is 10.8. The Morgan fingerprint density at radius 2 is 2.03 bits per heavy atom. The summed E-state index contributed by atoms with van der Waals surface area (Å²) >= 11 is 0. The normalized spacial score (nSPS) is 16.8. The monoisotopic (exact) mass is 444 g/mol. The molecule has 0 amide bonds.